The number of benzene rings is 1. The molecule has 1 aliphatic rings. The van der Waals surface area contributed by atoms with E-state index in [0.29, 0.717) is 0 Å². The first-order valence-electron chi connectivity index (χ1n) is 6.49. The highest BCUT2D eigenvalue weighted by molar-refractivity contribution is 6.36. The fourth-order valence-corrected chi connectivity index (χ4v) is 2.46. The first-order valence-corrected chi connectivity index (χ1v) is 7.25. The molecule has 1 unspecified atom stereocenters. The van der Waals surface area contributed by atoms with Gasteiger partial charge in [-0.1, -0.05) is 30.1 Å². The van der Waals surface area contributed by atoms with Crippen molar-refractivity contribution in [2.24, 2.45) is 5.92 Å². The van der Waals surface area contributed by atoms with E-state index in [1.54, 1.807) is 0 Å². The van der Waals surface area contributed by atoms with Gasteiger partial charge in [-0.15, -0.1) is 0 Å². The number of hydrogen-bond acceptors (Lipinski definition) is 2. The summed E-state index contributed by atoms with van der Waals surface area (Å²) >= 11 is 11.6. The second-order valence-electron chi connectivity index (χ2n) is 5.17. The van der Waals surface area contributed by atoms with Crippen LogP contribution >= 0.6 is 23.2 Å². The quantitative estimate of drug-likeness (QED) is 0.839. The fourth-order valence-electron chi connectivity index (χ4n) is 2.00. The van der Waals surface area contributed by atoms with Gasteiger partial charge in [0, 0.05) is 12.6 Å². The number of carboxylic acid groups (broad SMARTS) is 1. The van der Waals surface area contributed by atoms with E-state index in [0.717, 1.165) is 18.9 Å². The Labute approximate surface area is 131 Å². The molecule has 0 aromatic heterocycles. The van der Waals surface area contributed by atoms with E-state index in [9.17, 15) is 14.0 Å². The van der Waals surface area contributed by atoms with Crippen LogP contribution in [0.3, 0.4) is 0 Å². The van der Waals surface area contributed by atoms with Crippen LogP contribution in [0.5, 0.6) is 0 Å². The minimum absolute atomic E-state index is 0.00283. The highest BCUT2D eigenvalue weighted by Crippen LogP contribution is 2.32. The number of nitrogens with zero attached hydrogens (tertiary/aromatic N) is 1. The monoisotopic (exact) mass is 333 g/mol. The third kappa shape index (κ3) is 3.66. The Morgan fingerprint density at radius 1 is 1.38 bits per heavy atom. The van der Waals surface area contributed by atoms with Crippen LogP contribution in [0, 0.1) is 11.7 Å². The minimum Gasteiger partial charge on any atom is -0.481 e. The van der Waals surface area contributed by atoms with Gasteiger partial charge in [-0.2, -0.15) is 0 Å². The first-order chi connectivity index (χ1) is 9.81. The summed E-state index contributed by atoms with van der Waals surface area (Å²) in [4.78, 5) is 24.9. The number of halogens is 3. The summed E-state index contributed by atoms with van der Waals surface area (Å²) in [6.07, 6.45) is 1.62. The Morgan fingerprint density at radius 3 is 2.52 bits per heavy atom. The van der Waals surface area contributed by atoms with E-state index in [1.165, 1.54) is 17.9 Å². The molecule has 0 saturated heterocycles. The van der Waals surface area contributed by atoms with Gasteiger partial charge < -0.3 is 10.0 Å². The average molecular weight is 334 g/mol. The van der Waals surface area contributed by atoms with Crippen molar-refractivity contribution in [2.75, 3.05) is 6.54 Å². The Morgan fingerprint density at radius 2 is 2.00 bits per heavy atom. The van der Waals surface area contributed by atoms with Crippen molar-refractivity contribution in [3.63, 3.8) is 0 Å². The molecule has 7 heteroatoms. The van der Waals surface area contributed by atoms with Gasteiger partial charge in [-0.05, 0) is 25.0 Å². The molecule has 1 saturated carbocycles. The summed E-state index contributed by atoms with van der Waals surface area (Å²) in [7, 11) is 0. The lowest BCUT2D eigenvalue weighted by atomic mass is 10.1. The molecule has 0 spiro atoms. The third-order valence-electron chi connectivity index (χ3n) is 3.38. The Balaban J connectivity index is 2.27. The van der Waals surface area contributed by atoms with Crippen LogP contribution in [-0.4, -0.2) is 34.5 Å². The van der Waals surface area contributed by atoms with E-state index in [1.807, 2.05) is 0 Å². The van der Waals surface area contributed by atoms with Crippen LogP contribution in [0.25, 0.3) is 0 Å². The molecule has 114 valence electrons. The molecule has 2 rings (SSSR count). The first kappa shape index (κ1) is 16.0. The van der Waals surface area contributed by atoms with Gasteiger partial charge in [0.2, 0.25) is 0 Å². The number of carboxylic acids is 1. The van der Waals surface area contributed by atoms with E-state index in [2.05, 4.69) is 0 Å². The molecule has 0 aliphatic heterocycles. The van der Waals surface area contributed by atoms with Gasteiger partial charge in [0.1, 0.15) is 5.82 Å². The lowest BCUT2D eigenvalue weighted by Crippen LogP contribution is -2.38. The lowest BCUT2D eigenvalue weighted by molar-refractivity contribution is -0.141. The smallest absolute Gasteiger partial charge is 0.308 e. The van der Waals surface area contributed by atoms with Crippen molar-refractivity contribution >= 4 is 35.1 Å². The topological polar surface area (TPSA) is 57.6 Å². The standard InChI is InChI=1S/C14H14Cl2FNO3/c1-7(14(20)21)6-18(8-2-3-8)13(19)9-4-12(17)11(16)5-10(9)15/h4-5,7-8H,2-3,6H2,1H3,(H,20,21). The van der Waals surface area contributed by atoms with E-state index < -0.39 is 23.6 Å². The largest absolute Gasteiger partial charge is 0.481 e. The minimum atomic E-state index is -0.984. The number of carbonyl (C=O) groups excluding carboxylic acids is 1. The third-order valence-corrected chi connectivity index (χ3v) is 3.98. The van der Waals surface area contributed by atoms with Crippen LogP contribution in [-0.2, 0) is 4.79 Å². The van der Waals surface area contributed by atoms with Crippen molar-refractivity contribution in [1.82, 2.24) is 4.90 Å². The summed E-state index contributed by atoms with van der Waals surface area (Å²) in [6.45, 7) is 1.59. The molecule has 0 bridgehead atoms. The van der Waals surface area contributed by atoms with Crippen LogP contribution in [0.2, 0.25) is 10.0 Å². The van der Waals surface area contributed by atoms with Crippen molar-refractivity contribution in [2.45, 2.75) is 25.8 Å². The zero-order valence-electron chi connectivity index (χ0n) is 11.3. The molecule has 0 heterocycles. The molecule has 1 aromatic rings. The van der Waals surface area contributed by atoms with Crippen LogP contribution < -0.4 is 0 Å². The fraction of sp³-hybridized carbons (Fsp3) is 0.429. The Kier molecular flexibility index (Phi) is 4.74. The maximum absolute atomic E-state index is 13.5. The predicted octanol–water partition coefficient (Wildman–Crippen LogP) is 3.46. The summed E-state index contributed by atoms with van der Waals surface area (Å²) in [5, 5.41) is 8.88. The number of carbonyl (C=O) groups is 2. The molecular formula is C14H14Cl2FNO3. The van der Waals surface area contributed by atoms with Crippen molar-refractivity contribution in [3.05, 3.63) is 33.6 Å². The second-order valence-corrected chi connectivity index (χ2v) is 5.99. The Hall–Kier alpha value is -1.33. The van der Waals surface area contributed by atoms with Gasteiger partial charge in [0.25, 0.3) is 5.91 Å². The normalized spacial score (nSPS) is 15.6. The van der Waals surface area contributed by atoms with Crippen molar-refractivity contribution in [3.8, 4) is 0 Å². The highest BCUT2D eigenvalue weighted by Gasteiger charge is 2.35. The lowest BCUT2D eigenvalue weighted by Gasteiger charge is -2.25. The molecule has 1 fully saturated rings. The number of amides is 1. The van der Waals surface area contributed by atoms with Gasteiger partial charge in [0.05, 0.1) is 21.5 Å². The van der Waals surface area contributed by atoms with Crippen LogP contribution in [0.1, 0.15) is 30.1 Å². The summed E-state index contributed by atoms with van der Waals surface area (Å²) < 4.78 is 13.5. The molecule has 0 radical (unpaired) electrons. The second kappa shape index (κ2) is 6.20. The van der Waals surface area contributed by atoms with E-state index >= 15 is 0 Å². The van der Waals surface area contributed by atoms with Crippen molar-refractivity contribution in [1.29, 1.82) is 0 Å². The molecular weight excluding hydrogens is 320 g/mol. The van der Waals surface area contributed by atoms with Gasteiger partial charge in [-0.25, -0.2) is 4.39 Å². The molecule has 1 amide bonds. The zero-order valence-corrected chi connectivity index (χ0v) is 12.8. The summed E-state index contributed by atoms with van der Waals surface area (Å²) in [5.41, 5.74) is 0.00283. The van der Waals surface area contributed by atoms with Gasteiger partial charge in [0.15, 0.2) is 0 Å². The Bertz CT molecular complexity index is 590. The maximum Gasteiger partial charge on any atom is 0.308 e. The average Bonchev–Trinajstić information content (AvgIpc) is 3.23. The summed E-state index contributed by atoms with van der Waals surface area (Å²) in [6, 6.07) is 2.17. The molecule has 21 heavy (non-hydrogen) atoms. The molecule has 1 atom stereocenters. The number of aliphatic carboxylic acids is 1. The number of rotatable bonds is 5. The molecule has 1 N–H and O–H groups in total. The van der Waals surface area contributed by atoms with Crippen molar-refractivity contribution < 1.29 is 19.1 Å². The van der Waals surface area contributed by atoms with E-state index in [4.69, 9.17) is 28.3 Å². The van der Waals surface area contributed by atoms with E-state index in [-0.39, 0.29) is 28.2 Å². The predicted molar refractivity (Wildman–Crippen MR) is 77.3 cm³/mol. The molecule has 4 nitrogen and oxygen atoms in total. The molecule has 1 aliphatic carbocycles. The van der Waals surface area contributed by atoms with Crippen LogP contribution in [0.15, 0.2) is 12.1 Å². The number of hydrogen-bond donors (Lipinski definition) is 1. The van der Waals surface area contributed by atoms with Crippen LogP contribution in [0.4, 0.5) is 4.39 Å². The van der Waals surface area contributed by atoms with Gasteiger partial charge in [-0.3, -0.25) is 9.59 Å². The summed E-state index contributed by atoms with van der Waals surface area (Å²) in [5.74, 6) is -2.88. The molecule has 1 aromatic carbocycles. The maximum atomic E-state index is 13.5. The highest BCUT2D eigenvalue weighted by atomic mass is 35.5. The zero-order chi connectivity index (χ0) is 15.7. The SMILES string of the molecule is CC(CN(C(=O)c1cc(F)c(Cl)cc1Cl)C1CC1)C(=O)O. The van der Waals surface area contributed by atoms with Gasteiger partial charge >= 0.3 is 5.97 Å².